The molecule has 17 heavy (non-hydrogen) atoms. The van der Waals surface area contributed by atoms with Crippen LogP contribution in [0.4, 0.5) is 0 Å². The number of hydrogen-bond donors (Lipinski definition) is 1. The Labute approximate surface area is 115 Å². The third kappa shape index (κ3) is 10.00. The van der Waals surface area contributed by atoms with E-state index < -0.39 is 0 Å². The summed E-state index contributed by atoms with van der Waals surface area (Å²) in [5.41, 5.74) is 1.11. The lowest BCUT2D eigenvalue weighted by molar-refractivity contribution is 0.169. The average Bonchev–Trinajstić information content (AvgIpc) is 1.65. The third-order valence-corrected chi connectivity index (χ3v) is 3.10. The highest BCUT2D eigenvalue weighted by Crippen LogP contribution is 2.44. The molecule has 0 aliphatic heterocycles. The lowest BCUT2D eigenvalue weighted by Crippen LogP contribution is -2.33. The molecule has 0 saturated carbocycles. The van der Waals surface area contributed by atoms with Crippen LogP contribution in [-0.2, 0) is 0 Å². The fraction of sp³-hybridized carbons (Fsp3) is 1.00. The molecule has 0 aromatic heterocycles. The Hall–Kier alpha value is 0.350. The van der Waals surface area contributed by atoms with Crippen LogP contribution in [0, 0.1) is 16.2 Å². The third-order valence-electron chi connectivity index (χ3n) is 2.78. The SMILES string of the molecule is CC(C)(C)CC(C)(C)CC(C)(S)CC(C)(C)C. The largest absolute Gasteiger partial charge is 0.173 e. The van der Waals surface area contributed by atoms with Gasteiger partial charge in [0.15, 0.2) is 0 Å². The smallest absolute Gasteiger partial charge is 0.0111 e. The van der Waals surface area contributed by atoms with Gasteiger partial charge in [-0.05, 0) is 35.5 Å². The van der Waals surface area contributed by atoms with Crippen molar-refractivity contribution in [2.24, 2.45) is 16.2 Å². The van der Waals surface area contributed by atoms with Gasteiger partial charge in [0.25, 0.3) is 0 Å². The van der Waals surface area contributed by atoms with Crippen molar-refractivity contribution in [2.75, 3.05) is 0 Å². The summed E-state index contributed by atoms with van der Waals surface area (Å²) >= 11 is 4.92. The summed E-state index contributed by atoms with van der Waals surface area (Å²) in [7, 11) is 0. The lowest BCUT2D eigenvalue weighted by atomic mass is 9.69. The maximum absolute atomic E-state index is 4.92. The zero-order valence-corrected chi connectivity index (χ0v) is 14.5. The van der Waals surface area contributed by atoms with Gasteiger partial charge in [-0.2, -0.15) is 12.6 Å². The van der Waals surface area contributed by atoms with Crippen LogP contribution >= 0.6 is 12.6 Å². The quantitative estimate of drug-likeness (QED) is 0.591. The van der Waals surface area contributed by atoms with Crippen molar-refractivity contribution in [3.05, 3.63) is 0 Å². The van der Waals surface area contributed by atoms with E-state index in [4.69, 9.17) is 12.6 Å². The Morgan fingerprint density at radius 1 is 0.588 bits per heavy atom. The molecule has 104 valence electrons. The molecule has 1 atom stereocenters. The summed E-state index contributed by atoms with van der Waals surface area (Å²) in [5, 5.41) is 0. The Morgan fingerprint density at radius 3 is 1.24 bits per heavy atom. The van der Waals surface area contributed by atoms with Crippen molar-refractivity contribution in [3.8, 4) is 0 Å². The molecule has 0 rings (SSSR count). The first-order valence-corrected chi connectivity index (χ1v) is 7.29. The molecule has 0 fully saturated rings. The minimum atomic E-state index is 0.132. The molecule has 1 unspecified atom stereocenters. The first-order chi connectivity index (χ1) is 7.12. The van der Waals surface area contributed by atoms with Crippen LogP contribution in [0.5, 0.6) is 0 Å². The van der Waals surface area contributed by atoms with Crippen LogP contribution in [-0.4, -0.2) is 4.75 Å². The van der Waals surface area contributed by atoms with Crippen LogP contribution in [0.15, 0.2) is 0 Å². The van der Waals surface area contributed by atoms with E-state index in [1.807, 2.05) is 0 Å². The summed E-state index contributed by atoms with van der Waals surface area (Å²) < 4.78 is 0.132. The molecule has 0 aliphatic rings. The van der Waals surface area contributed by atoms with Crippen molar-refractivity contribution in [1.82, 2.24) is 0 Å². The second-order valence-electron chi connectivity index (χ2n) is 9.31. The average molecular weight is 259 g/mol. The Balaban J connectivity index is 4.59. The van der Waals surface area contributed by atoms with Gasteiger partial charge < -0.3 is 0 Å². The van der Waals surface area contributed by atoms with Gasteiger partial charge in [0, 0.05) is 4.75 Å². The first kappa shape index (κ1) is 17.4. The topological polar surface area (TPSA) is 0 Å². The molecule has 0 spiro atoms. The van der Waals surface area contributed by atoms with Gasteiger partial charge in [-0.1, -0.05) is 62.3 Å². The lowest BCUT2D eigenvalue weighted by Gasteiger charge is -2.40. The summed E-state index contributed by atoms with van der Waals surface area (Å²) in [6, 6.07) is 0. The minimum Gasteiger partial charge on any atom is -0.173 e. The molecule has 0 radical (unpaired) electrons. The Morgan fingerprint density at radius 2 is 0.941 bits per heavy atom. The van der Waals surface area contributed by atoms with E-state index in [2.05, 4.69) is 62.3 Å². The zero-order chi connectivity index (χ0) is 14.1. The van der Waals surface area contributed by atoms with Crippen LogP contribution in [0.25, 0.3) is 0 Å². The van der Waals surface area contributed by atoms with Gasteiger partial charge in [0.05, 0.1) is 0 Å². The first-order valence-electron chi connectivity index (χ1n) is 6.84. The molecule has 0 aromatic carbocycles. The zero-order valence-electron chi connectivity index (χ0n) is 13.6. The second-order valence-corrected chi connectivity index (χ2v) is 10.4. The molecular formula is C16H34S. The van der Waals surface area contributed by atoms with Gasteiger partial charge in [-0.3, -0.25) is 0 Å². The predicted octanol–water partition coefficient (Wildman–Crippen LogP) is 5.96. The van der Waals surface area contributed by atoms with E-state index in [1.165, 1.54) is 12.8 Å². The Kier molecular flexibility index (Phi) is 5.26. The summed E-state index contributed by atoms with van der Waals surface area (Å²) in [6.45, 7) is 21.0. The van der Waals surface area contributed by atoms with Gasteiger partial charge >= 0.3 is 0 Å². The number of hydrogen-bond acceptors (Lipinski definition) is 1. The van der Waals surface area contributed by atoms with E-state index in [0.717, 1.165) is 6.42 Å². The molecule has 1 heteroatoms. The predicted molar refractivity (Wildman–Crippen MR) is 83.9 cm³/mol. The Bertz CT molecular complexity index is 209. The van der Waals surface area contributed by atoms with Crippen LogP contribution in [0.1, 0.15) is 81.6 Å². The van der Waals surface area contributed by atoms with Crippen molar-refractivity contribution in [2.45, 2.75) is 86.3 Å². The minimum absolute atomic E-state index is 0.132. The van der Waals surface area contributed by atoms with Gasteiger partial charge in [-0.25, -0.2) is 0 Å². The summed E-state index contributed by atoms with van der Waals surface area (Å²) in [6.07, 6.45) is 3.59. The molecule has 0 N–H and O–H groups in total. The van der Waals surface area contributed by atoms with E-state index in [0.29, 0.717) is 16.2 Å². The van der Waals surface area contributed by atoms with Crippen LogP contribution < -0.4 is 0 Å². The fourth-order valence-electron chi connectivity index (χ4n) is 3.73. The number of thiol groups is 1. The fourth-order valence-corrected chi connectivity index (χ4v) is 4.64. The highest BCUT2D eigenvalue weighted by molar-refractivity contribution is 7.81. The number of rotatable bonds is 4. The van der Waals surface area contributed by atoms with Crippen LogP contribution in [0.3, 0.4) is 0 Å². The van der Waals surface area contributed by atoms with Gasteiger partial charge in [0.2, 0.25) is 0 Å². The molecule has 0 aromatic rings. The molecule has 0 aliphatic carbocycles. The maximum atomic E-state index is 4.92. The van der Waals surface area contributed by atoms with Crippen molar-refractivity contribution in [1.29, 1.82) is 0 Å². The van der Waals surface area contributed by atoms with E-state index in [1.54, 1.807) is 0 Å². The molecule has 0 heterocycles. The van der Waals surface area contributed by atoms with Gasteiger partial charge in [0.1, 0.15) is 0 Å². The van der Waals surface area contributed by atoms with E-state index in [9.17, 15) is 0 Å². The standard InChI is InChI=1S/C16H34S/c1-13(2,3)10-15(7,8)12-16(9,17)11-14(4,5)6/h17H,10-12H2,1-9H3. The molecule has 0 amide bonds. The normalized spacial score (nSPS) is 18.0. The van der Waals surface area contributed by atoms with Crippen LogP contribution in [0.2, 0.25) is 0 Å². The molecular weight excluding hydrogens is 224 g/mol. The monoisotopic (exact) mass is 258 g/mol. The summed E-state index contributed by atoms with van der Waals surface area (Å²) in [4.78, 5) is 0. The van der Waals surface area contributed by atoms with Crippen molar-refractivity contribution in [3.63, 3.8) is 0 Å². The second kappa shape index (κ2) is 5.15. The maximum Gasteiger partial charge on any atom is 0.0111 e. The van der Waals surface area contributed by atoms with Gasteiger partial charge in [-0.15, -0.1) is 0 Å². The summed E-state index contributed by atoms with van der Waals surface area (Å²) in [5.74, 6) is 0. The highest BCUT2D eigenvalue weighted by Gasteiger charge is 2.35. The highest BCUT2D eigenvalue weighted by atomic mass is 32.1. The van der Waals surface area contributed by atoms with E-state index in [-0.39, 0.29) is 4.75 Å². The molecule has 0 saturated heterocycles. The van der Waals surface area contributed by atoms with Crippen molar-refractivity contribution < 1.29 is 0 Å². The molecule has 0 bridgehead atoms. The van der Waals surface area contributed by atoms with E-state index >= 15 is 0 Å². The van der Waals surface area contributed by atoms with Crippen molar-refractivity contribution >= 4 is 12.6 Å². The molecule has 0 nitrogen and oxygen atoms in total.